The van der Waals surface area contributed by atoms with Gasteiger partial charge in [-0.25, -0.2) is 0 Å². The number of nitrogens with one attached hydrogen (secondary N) is 1. The summed E-state index contributed by atoms with van der Waals surface area (Å²) in [7, 11) is 0. The third-order valence-electron chi connectivity index (χ3n) is 1.88. The van der Waals surface area contributed by atoms with Gasteiger partial charge in [0.2, 0.25) is 0 Å². The fourth-order valence-electron chi connectivity index (χ4n) is 1.10. The molecule has 0 heterocycles. The second-order valence-corrected chi connectivity index (χ2v) is 3.46. The van der Waals surface area contributed by atoms with Crippen molar-refractivity contribution in [2.45, 2.75) is 6.10 Å². The van der Waals surface area contributed by atoms with Gasteiger partial charge >= 0.3 is 0 Å². The second-order valence-electron chi connectivity index (χ2n) is 3.15. The van der Waals surface area contributed by atoms with Gasteiger partial charge in [0.15, 0.2) is 0 Å². The molecule has 0 aliphatic carbocycles. The van der Waals surface area contributed by atoms with Crippen LogP contribution in [0.15, 0.2) is 18.2 Å². The highest BCUT2D eigenvalue weighted by Crippen LogP contribution is 2.28. The Labute approximate surface area is 96.6 Å². The quantitative estimate of drug-likeness (QED) is 0.315. The van der Waals surface area contributed by atoms with E-state index in [9.17, 15) is 15.2 Å². The maximum Gasteiger partial charge on any atom is 0.296 e. The Morgan fingerprint density at radius 1 is 1.56 bits per heavy atom. The van der Waals surface area contributed by atoms with Crippen LogP contribution < -0.4 is 5.32 Å². The van der Waals surface area contributed by atoms with Gasteiger partial charge in [-0.3, -0.25) is 10.1 Å². The van der Waals surface area contributed by atoms with Gasteiger partial charge in [0, 0.05) is 6.54 Å². The van der Waals surface area contributed by atoms with Crippen molar-refractivity contribution in [3.05, 3.63) is 28.3 Å². The van der Waals surface area contributed by atoms with Gasteiger partial charge in [-0.2, -0.15) is 0 Å². The zero-order valence-corrected chi connectivity index (χ0v) is 9.02. The van der Waals surface area contributed by atoms with E-state index < -0.39 is 11.0 Å². The van der Waals surface area contributed by atoms with Gasteiger partial charge in [0.25, 0.3) is 5.69 Å². The molecule has 0 amide bonds. The predicted molar refractivity (Wildman–Crippen MR) is 60.0 cm³/mol. The third-order valence-corrected chi connectivity index (χ3v) is 2.24. The molecule has 1 aromatic rings. The van der Waals surface area contributed by atoms with Crippen LogP contribution in [-0.2, 0) is 0 Å². The van der Waals surface area contributed by atoms with E-state index in [0.29, 0.717) is 0 Å². The number of anilines is 1. The lowest BCUT2D eigenvalue weighted by Gasteiger charge is -2.10. The summed E-state index contributed by atoms with van der Waals surface area (Å²) in [4.78, 5) is 10.0. The van der Waals surface area contributed by atoms with E-state index in [2.05, 4.69) is 5.32 Å². The molecule has 16 heavy (non-hydrogen) atoms. The topological polar surface area (TPSA) is 95.6 Å². The Morgan fingerprint density at radius 3 is 2.81 bits per heavy atom. The molecule has 1 rings (SSSR count). The summed E-state index contributed by atoms with van der Waals surface area (Å²) in [5.41, 5.74) is -0.0197. The zero-order chi connectivity index (χ0) is 12.1. The van der Waals surface area contributed by atoms with E-state index in [1.807, 2.05) is 0 Å². The molecule has 7 heteroatoms. The number of benzene rings is 1. The molecule has 3 N–H and O–H groups in total. The second kappa shape index (κ2) is 5.53. The number of rotatable bonds is 5. The molecule has 1 unspecified atom stereocenters. The summed E-state index contributed by atoms with van der Waals surface area (Å²) >= 11 is 5.38. The molecule has 0 saturated heterocycles. The van der Waals surface area contributed by atoms with Crippen LogP contribution in [-0.4, -0.2) is 33.7 Å². The van der Waals surface area contributed by atoms with Crippen LogP contribution in [0, 0.1) is 10.1 Å². The first-order chi connectivity index (χ1) is 7.54. The average molecular weight is 247 g/mol. The molecule has 0 aromatic heterocycles. The smallest absolute Gasteiger partial charge is 0.296 e. The number of nitro benzene ring substituents is 1. The number of halogens is 1. The SMILES string of the molecule is O=[N+]([O-])c1cc(O)ccc1NCC(O)CCl. The number of hydrogen-bond donors (Lipinski definition) is 3. The molecule has 6 nitrogen and oxygen atoms in total. The van der Waals surface area contributed by atoms with E-state index in [1.54, 1.807) is 0 Å². The van der Waals surface area contributed by atoms with E-state index in [1.165, 1.54) is 12.1 Å². The van der Waals surface area contributed by atoms with Gasteiger partial charge in [-0.15, -0.1) is 11.6 Å². The van der Waals surface area contributed by atoms with Crippen molar-refractivity contribution in [1.82, 2.24) is 0 Å². The molecule has 0 bridgehead atoms. The van der Waals surface area contributed by atoms with Crippen molar-refractivity contribution >= 4 is 23.0 Å². The summed E-state index contributed by atoms with van der Waals surface area (Å²) in [6.07, 6.45) is -0.782. The Balaban J connectivity index is 2.82. The van der Waals surface area contributed by atoms with E-state index in [0.717, 1.165) is 6.07 Å². The minimum atomic E-state index is -0.782. The molecule has 1 aromatic carbocycles. The number of aliphatic hydroxyl groups is 1. The maximum absolute atomic E-state index is 10.7. The average Bonchev–Trinajstić information content (AvgIpc) is 2.26. The Kier molecular flexibility index (Phi) is 4.33. The number of alkyl halides is 1. The Morgan fingerprint density at radius 2 is 2.25 bits per heavy atom. The molecule has 0 spiro atoms. The van der Waals surface area contributed by atoms with Gasteiger partial charge in [-0.05, 0) is 12.1 Å². The number of phenolic OH excluding ortho intramolecular Hbond substituents is 1. The summed E-state index contributed by atoms with van der Waals surface area (Å²) in [6, 6.07) is 3.73. The van der Waals surface area contributed by atoms with Crippen molar-refractivity contribution in [3.63, 3.8) is 0 Å². The summed E-state index contributed by atoms with van der Waals surface area (Å²) in [5.74, 6) is -0.144. The first kappa shape index (κ1) is 12.5. The molecular formula is C9H11ClN2O4. The molecule has 0 aliphatic rings. The highest BCUT2D eigenvalue weighted by atomic mass is 35.5. The number of aliphatic hydroxyl groups excluding tert-OH is 1. The first-order valence-corrected chi connectivity index (χ1v) is 5.03. The molecule has 0 saturated carbocycles. The van der Waals surface area contributed by atoms with Crippen LogP contribution >= 0.6 is 11.6 Å². The van der Waals surface area contributed by atoms with Gasteiger partial charge < -0.3 is 15.5 Å². The third kappa shape index (κ3) is 3.25. The highest BCUT2D eigenvalue weighted by molar-refractivity contribution is 6.18. The van der Waals surface area contributed by atoms with Crippen LogP contribution in [0.25, 0.3) is 0 Å². The number of nitrogens with zero attached hydrogens (tertiary/aromatic N) is 1. The van der Waals surface area contributed by atoms with Crippen molar-refractivity contribution in [1.29, 1.82) is 0 Å². The molecular weight excluding hydrogens is 236 g/mol. The number of hydrogen-bond acceptors (Lipinski definition) is 5. The van der Waals surface area contributed by atoms with Crippen molar-refractivity contribution in [2.24, 2.45) is 0 Å². The molecule has 0 aliphatic heterocycles. The Bertz CT molecular complexity index is 386. The van der Waals surface area contributed by atoms with Gasteiger partial charge in [0.1, 0.15) is 11.4 Å². The normalized spacial score (nSPS) is 12.1. The maximum atomic E-state index is 10.7. The molecule has 88 valence electrons. The predicted octanol–water partition coefficient (Wildman–Crippen LogP) is 1.31. The van der Waals surface area contributed by atoms with E-state index in [-0.39, 0.29) is 29.5 Å². The van der Waals surface area contributed by atoms with Gasteiger partial charge in [0.05, 0.1) is 23.0 Å². The van der Waals surface area contributed by atoms with Crippen molar-refractivity contribution in [2.75, 3.05) is 17.7 Å². The fourth-order valence-corrected chi connectivity index (χ4v) is 1.21. The van der Waals surface area contributed by atoms with Crippen LogP contribution in [0.1, 0.15) is 0 Å². The fraction of sp³-hybridized carbons (Fsp3) is 0.333. The molecule has 0 fully saturated rings. The number of aromatic hydroxyl groups is 1. The Hall–Kier alpha value is -1.53. The number of nitro groups is 1. The summed E-state index contributed by atoms with van der Waals surface area (Å²) in [5, 5.41) is 31.6. The lowest BCUT2D eigenvalue weighted by atomic mass is 10.2. The summed E-state index contributed by atoms with van der Waals surface area (Å²) in [6.45, 7) is 0.106. The van der Waals surface area contributed by atoms with Crippen molar-refractivity contribution < 1.29 is 15.1 Å². The standard InChI is InChI=1S/C9H11ClN2O4/c10-4-7(14)5-11-8-2-1-6(13)3-9(8)12(15)16/h1-3,7,11,13-14H,4-5H2. The minimum absolute atomic E-state index is 0.0406. The first-order valence-electron chi connectivity index (χ1n) is 4.50. The monoisotopic (exact) mass is 246 g/mol. The number of phenols is 1. The zero-order valence-electron chi connectivity index (χ0n) is 8.26. The van der Waals surface area contributed by atoms with E-state index in [4.69, 9.17) is 16.7 Å². The largest absolute Gasteiger partial charge is 0.508 e. The summed E-state index contributed by atoms with van der Waals surface area (Å²) < 4.78 is 0. The highest BCUT2D eigenvalue weighted by Gasteiger charge is 2.15. The van der Waals surface area contributed by atoms with Gasteiger partial charge in [-0.1, -0.05) is 0 Å². The van der Waals surface area contributed by atoms with Crippen LogP contribution in [0.3, 0.4) is 0 Å². The van der Waals surface area contributed by atoms with Crippen LogP contribution in [0.2, 0.25) is 0 Å². The van der Waals surface area contributed by atoms with Crippen LogP contribution in [0.5, 0.6) is 5.75 Å². The molecule has 1 atom stereocenters. The minimum Gasteiger partial charge on any atom is -0.508 e. The van der Waals surface area contributed by atoms with E-state index >= 15 is 0 Å². The van der Waals surface area contributed by atoms with Crippen molar-refractivity contribution in [3.8, 4) is 5.75 Å². The van der Waals surface area contributed by atoms with Crippen LogP contribution in [0.4, 0.5) is 11.4 Å². The molecule has 0 radical (unpaired) electrons. The lowest BCUT2D eigenvalue weighted by Crippen LogP contribution is -2.21. The lowest BCUT2D eigenvalue weighted by molar-refractivity contribution is -0.384.